The van der Waals surface area contributed by atoms with E-state index >= 15 is 0 Å². The first kappa shape index (κ1) is 17.1. The second kappa shape index (κ2) is 6.46. The predicted octanol–water partition coefficient (Wildman–Crippen LogP) is 2.07. The van der Waals surface area contributed by atoms with Crippen LogP contribution >= 0.6 is 0 Å². The molecule has 4 rings (SSSR count). The van der Waals surface area contributed by atoms with Gasteiger partial charge in [-0.3, -0.25) is 9.59 Å². The highest BCUT2D eigenvalue weighted by molar-refractivity contribution is 6.03. The number of aromatic nitrogens is 3. The number of aryl methyl sites for hydroxylation is 1. The highest BCUT2D eigenvalue weighted by Crippen LogP contribution is 2.35. The number of hydrogen-bond donors (Lipinski definition) is 2. The van der Waals surface area contributed by atoms with Crippen molar-refractivity contribution in [3.63, 3.8) is 0 Å². The molecule has 2 aromatic heterocycles. The van der Waals surface area contributed by atoms with Crippen LogP contribution in [0.2, 0.25) is 0 Å². The van der Waals surface area contributed by atoms with Gasteiger partial charge in [-0.1, -0.05) is 0 Å². The van der Waals surface area contributed by atoms with Gasteiger partial charge >= 0.3 is 0 Å². The molecular weight excluding hydrogens is 351 g/mol. The van der Waals surface area contributed by atoms with Crippen LogP contribution in [0.1, 0.15) is 41.0 Å². The van der Waals surface area contributed by atoms with Crippen LogP contribution in [0, 0.1) is 5.82 Å². The van der Waals surface area contributed by atoms with Gasteiger partial charge in [-0.15, -0.1) is 0 Å². The van der Waals surface area contributed by atoms with Crippen LogP contribution in [0.4, 0.5) is 4.39 Å². The summed E-state index contributed by atoms with van der Waals surface area (Å²) in [6.07, 6.45) is 2.76. The Hall–Kier alpha value is -3.29. The van der Waals surface area contributed by atoms with E-state index in [1.807, 2.05) is 6.92 Å². The molecule has 27 heavy (non-hydrogen) atoms. The largest absolute Gasteiger partial charge is 0.506 e. The van der Waals surface area contributed by atoms with Gasteiger partial charge < -0.3 is 15.0 Å². The van der Waals surface area contributed by atoms with Crippen molar-refractivity contribution in [2.75, 3.05) is 0 Å². The standard InChI is InChI=1S/C19H17FN4O3/c1-10-4-5-11-7-12(20)8-14-16(11)24(10)19(27)15(17(14)25)18(26)21-9-13-3-2-6-22-23-13/h2-3,6-8,10,25H,4-5,9H2,1H3,(H,21,26). The van der Waals surface area contributed by atoms with E-state index in [2.05, 4.69) is 15.5 Å². The van der Waals surface area contributed by atoms with E-state index in [-0.39, 0.29) is 18.0 Å². The van der Waals surface area contributed by atoms with Crippen LogP contribution in [0.5, 0.6) is 5.75 Å². The molecule has 138 valence electrons. The highest BCUT2D eigenvalue weighted by atomic mass is 19.1. The second-order valence-corrected chi connectivity index (χ2v) is 6.65. The minimum Gasteiger partial charge on any atom is -0.506 e. The lowest BCUT2D eigenvalue weighted by molar-refractivity contribution is 0.0945. The van der Waals surface area contributed by atoms with Crippen molar-refractivity contribution < 1.29 is 14.3 Å². The molecule has 0 spiro atoms. The Bertz CT molecular complexity index is 1110. The molecule has 0 radical (unpaired) electrons. The van der Waals surface area contributed by atoms with E-state index in [0.717, 1.165) is 6.07 Å². The quantitative estimate of drug-likeness (QED) is 0.738. The number of amides is 1. The summed E-state index contributed by atoms with van der Waals surface area (Å²) in [6.45, 7) is 1.92. The van der Waals surface area contributed by atoms with Crippen LogP contribution in [-0.2, 0) is 13.0 Å². The van der Waals surface area contributed by atoms with Gasteiger partial charge in [0.05, 0.1) is 17.8 Å². The summed E-state index contributed by atoms with van der Waals surface area (Å²) in [5, 5.41) is 20.9. The van der Waals surface area contributed by atoms with Gasteiger partial charge in [-0.25, -0.2) is 4.39 Å². The Balaban J connectivity index is 1.84. The third-order valence-corrected chi connectivity index (χ3v) is 4.88. The molecule has 1 atom stereocenters. The zero-order valence-electron chi connectivity index (χ0n) is 14.6. The molecule has 0 fully saturated rings. The van der Waals surface area contributed by atoms with Gasteiger partial charge in [0, 0.05) is 17.6 Å². The molecule has 0 saturated carbocycles. The summed E-state index contributed by atoms with van der Waals surface area (Å²) in [5.74, 6) is -1.76. The molecule has 3 aromatic rings. The van der Waals surface area contributed by atoms with E-state index in [0.29, 0.717) is 29.6 Å². The molecule has 8 heteroatoms. The fourth-order valence-electron chi connectivity index (χ4n) is 3.57. The topological polar surface area (TPSA) is 97.1 Å². The first-order valence-corrected chi connectivity index (χ1v) is 8.61. The van der Waals surface area contributed by atoms with Crippen molar-refractivity contribution in [3.8, 4) is 5.75 Å². The van der Waals surface area contributed by atoms with E-state index in [4.69, 9.17) is 0 Å². The van der Waals surface area contributed by atoms with E-state index < -0.39 is 28.6 Å². The first-order valence-electron chi connectivity index (χ1n) is 8.61. The summed E-state index contributed by atoms with van der Waals surface area (Å²) < 4.78 is 15.5. The van der Waals surface area contributed by atoms with Crippen LogP contribution in [0.15, 0.2) is 35.3 Å². The van der Waals surface area contributed by atoms with Crippen molar-refractivity contribution in [1.29, 1.82) is 0 Å². The van der Waals surface area contributed by atoms with Crippen molar-refractivity contribution in [2.45, 2.75) is 32.4 Å². The van der Waals surface area contributed by atoms with Crippen LogP contribution in [0.3, 0.4) is 0 Å². The zero-order chi connectivity index (χ0) is 19.1. The summed E-state index contributed by atoms with van der Waals surface area (Å²) in [6, 6.07) is 5.71. The molecule has 1 aromatic carbocycles. The predicted molar refractivity (Wildman–Crippen MR) is 96.1 cm³/mol. The summed E-state index contributed by atoms with van der Waals surface area (Å²) in [4.78, 5) is 25.6. The molecule has 7 nitrogen and oxygen atoms in total. The maximum Gasteiger partial charge on any atom is 0.267 e. The molecular formula is C19H17FN4O3. The normalized spacial score (nSPS) is 15.7. The molecule has 1 unspecified atom stereocenters. The Kier molecular flexibility index (Phi) is 4.10. The number of carbonyl (C=O) groups is 1. The van der Waals surface area contributed by atoms with Gasteiger partial charge in [0.2, 0.25) is 0 Å². The Labute approximate surface area is 153 Å². The van der Waals surface area contributed by atoms with E-state index in [1.165, 1.54) is 16.8 Å². The average molecular weight is 368 g/mol. The number of nitrogens with zero attached hydrogens (tertiary/aromatic N) is 3. The maximum absolute atomic E-state index is 14.0. The first-order chi connectivity index (χ1) is 13.0. The number of carbonyl (C=O) groups excluding carboxylic acids is 1. The van der Waals surface area contributed by atoms with E-state index in [9.17, 15) is 19.1 Å². The summed E-state index contributed by atoms with van der Waals surface area (Å²) in [7, 11) is 0. The molecule has 1 amide bonds. The lowest BCUT2D eigenvalue weighted by atomic mass is 9.95. The molecule has 0 bridgehead atoms. The highest BCUT2D eigenvalue weighted by Gasteiger charge is 2.28. The number of aromatic hydroxyl groups is 1. The lowest BCUT2D eigenvalue weighted by Crippen LogP contribution is -2.36. The number of pyridine rings is 1. The molecule has 0 saturated heterocycles. The monoisotopic (exact) mass is 368 g/mol. The van der Waals surface area contributed by atoms with Crippen LogP contribution in [-0.4, -0.2) is 25.8 Å². The smallest absolute Gasteiger partial charge is 0.267 e. The summed E-state index contributed by atoms with van der Waals surface area (Å²) >= 11 is 0. The number of hydrogen-bond acceptors (Lipinski definition) is 5. The second-order valence-electron chi connectivity index (χ2n) is 6.65. The fourth-order valence-corrected chi connectivity index (χ4v) is 3.57. The van der Waals surface area contributed by atoms with Crippen molar-refractivity contribution in [1.82, 2.24) is 20.1 Å². The number of benzene rings is 1. The van der Waals surface area contributed by atoms with Gasteiger partial charge in [-0.05, 0) is 49.6 Å². The van der Waals surface area contributed by atoms with Gasteiger partial charge in [0.25, 0.3) is 11.5 Å². The Morgan fingerprint density at radius 2 is 2.26 bits per heavy atom. The minimum atomic E-state index is -0.739. The van der Waals surface area contributed by atoms with Crippen molar-refractivity contribution >= 4 is 16.8 Å². The molecule has 2 N–H and O–H groups in total. The number of halogens is 1. The third-order valence-electron chi connectivity index (χ3n) is 4.88. The fraction of sp³-hybridized carbons (Fsp3) is 0.263. The Morgan fingerprint density at radius 3 is 3.00 bits per heavy atom. The van der Waals surface area contributed by atoms with Gasteiger partial charge in [-0.2, -0.15) is 10.2 Å². The Morgan fingerprint density at radius 1 is 1.44 bits per heavy atom. The number of nitrogens with one attached hydrogen (secondary N) is 1. The molecule has 3 heterocycles. The minimum absolute atomic E-state index is 0.0492. The molecule has 1 aliphatic heterocycles. The molecule has 1 aliphatic rings. The lowest BCUT2D eigenvalue weighted by Gasteiger charge is -2.26. The van der Waals surface area contributed by atoms with Crippen molar-refractivity contribution in [3.05, 3.63) is 63.5 Å². The SMILES string of the molecule is CC1CCc2cc(F)cc3c(O)c(C(=O)NCc4cccnn4)c(=O)n1c23. The molecule has 0 aliphatic carbocycles. The summed E-state index contributed by atoms with van der Waals surface area (Å²) in [5.41, 5.74) is 0.674. The van der Waals surface area contributed by atoms with Gasteiger partial charge in [0.1, 0.15) is 17.1 Å². The maximum atomic E-state index is 14.0. The van der Waals surface area contributed by atoms with E-state index in [1.54, 1.807) is 12.1 Å². The zero-order valence-corrected chi connectivity index (χ0v) is 14.6. The van der Waals surface area contributed by atoms with Crippen molar-refractivity contribution in [2.24, 2.45) is 0 Å². The average Bonchev–Trinajstić information content (AvgIpc) is 2.66. The van der Waals surface area contributed by atoms with Crippen LogP contribution < -0.4 is 10.9 Å². The third kappa shape index (κ3) is 2.83. The van der Waals surface area contributed by atoms with Gasteiger partial charge in [0.15, 0.2) is 0 Å². The number of rotatable bonds is 3. The van der Waals surface area contributed by atoms with Crippen LogP contribution in [0.25, 0.3) is 10.9 Å².